The molecule has 146 valence electrons. The molecule has 0 radical (unpaired) electrons. The first kappa shape index (κ1) is 20.9. The molecule has 0 spiro atoms. The Labute approximate surface area is 160 Å². The van der Waals surface area contributed by atoms with E-state index in [-0.39, 0.29) is 11.3 Å². The highest BCUT2D eigenvalue weighted by molar-refractivity contribution is 6.31. The number of halogens is 4. The zero-order chi connectivity index (χ0) is 20.0. The third-order valence-corrected chi connectivity index (χ3v) is 3.98. The molecule has 1 amide bonds. The molecule has 0 bridgehead atoms. The van der Waals surface area contributed by atoms with Gasteiger partial charge in [-0.15, -0.1) is 0 Å². The van der Waals surface area contributed by atoms with Gasteiger partial charge in [-0.25, -0.2) is 0 Å². The first-order chi connectivity index (χ1) is 12.8. The zero-order valence-corrected chi connectivity index (χ0v) is 15.7. The lowest BCUT2D eigenvalue weighted by Gasteiger charge is -2.17. The second kappa shape index (κ2) is 8.99. The molecular weight excluding hydrogens is 381 g/mol. The van der Waals surface area contributed by atoms with Gasteiger partial charge >= 0.3 is 6.18 Å². The molecule has 2 aromatic carbocycles. The molecule has 0 saturated carbocycles. The highest BCUT2D eigenvalue weighted by Crippen LogP contribution is 2.36. The van der Waals surface area contributed by atoms with Crippen molar-refractivity contribution in [3.8, 4) is 5.75 Å². The van der Waals surface area contributed by atoms with Gasteiger partial charge in [-0.3, -0.25) is 4.79 Å². The molecular formula is C19H20ClF3N2O2. The number of nitrogens with one attached hydrogen (secondary N) is 2. The molecule has 2 rings (SSSR count). The van der Waals surface area contributed by atoms with Crippen molar-refractivity contribution in [3.63, 3.8) is 0 Å². The van der Waals surface area contributed by atoms with Crippen LogP contribution in [0.25, 0.3) is 0 Å². The largest absolute Gasteiger partial charge is 0.493 e. The lowest BCUT2D eigenvalue weighted by molar-refractivity contribution is -0.137. The number of rotatable bonds is 7. The minimum Gasteiger partial charge on any atom is -0.493 e. The summed E-state index contributed by atoms with van der Waals surface area (Å²) in [7, 11) is 0. The van der Waals surface area contributed by atoms with Crippen molar-refractivity contribution in [1.82, 2.24) is 0 Å². The van der Waals surface area contributed by atoms with Crippen molar-refractivity contribution >= 4 is 28.9 Å². The van der Waals surface area contributed by atoms with Crippen LogP contribution in [0.4, 0.5) is 24.5 Å². The second-order valence-electron chi connectivity index (χ2n) is 5.69. The third-order valence-electron chi connectivity index (χ3n) is 3.65. The van der Waals surface area contributed by atoms with Crippen LogP contribution in [-0.2, 0) is 6.18 Å². The first-order valence-corrected chi connectivity index (χ1v) is 8.83. The van der Waals surface area contributed by atoms with E-state index in [0.717, 1.165) is 18.6 Å². The molecule has 2 N–H and O–H groups in total. The standard InChI is InChI=1S/C19H20ClF3N2O2/c1-3-10-24-15-6-5-7-16(27-4-2)17(15)18(26)25-12-8-9-14(20)13(11-12)19(21,22)23/h5-9,11,24H,3-4,10H2,1-2H3,(H,25,26). The predicted molar refractivity (Wildman–Crippen MR) is 101 cm³/mol. The fourth-order valence-corrected chi connectivity index (χ4v) is 2.69. The molecule has 0 aliphatic carbocycles. The van der Waals surface area contributed by atoms with E-state index in [9.17, 15) is 18.0 Å². The normalized spacial score (nSPS) is 11.2. The maximum absolute atomic E-state index is 13.0. The molecule has 8 heteroatoms. The lowest BCUT2D eigenvalue weighted by atomic mass is 10.1. The van der Waals surface area contributed by atoms with E-state index < -0.39 is 22.7 Å². The van der Waals surface area contributed by atoms with Gasteiger partial charge in [0, 0.05) is 12.2 Å². The molecule has 0 fully saturated rings. The van der Waals surface area contributed by atoms with Crippen LogP contribution >= 0.6 is 11.6 Å². The number of hydrogen-bond acceptors (Lipinski definition) is 3. The molecule has 0 atom stereocenters. The summed E-state index contributed by atoms with van der Waals surface area (Å²) in [5.74, 6) is -0.228. The Balaban J connectivity index is 2.37. The molecule has 4 nitrogen and oxygen atoms in total. The summed E-state index contributed by atoms with van der Waals surface area (Å²) >= 11 is 5.62. The van der Waals surface area contributed by atoms with Gasteiger partial charge in [0.05, 0.1) is 22.9 Å². The van der Waals surface area contributed by atoms with Crippen LogP contribution in [0.2, 0.25) is 5.02 Å². The zero-order valence-electron chi connectivity index (χ0n) is 14.9. The summed E-state index contributed by atoms with van der Waals surface area (Å²) in [5.41, 5.74) is -0.240. The minimum atomic E-state index is -4.62. The van der Waals surface area contributed by atoms with E-state index >= 15 is 0 Å². The summed E-state index contributed by atoms with van der Waals surface area (Å²) in [5, 5.41) is 5.20. The van der Waals surface area contributed by atoms with Crippen LogP contribution in [-0.4, -0.2) is 19.1 Å². The average Bonchev–Trinajstić information content (AvgIpc) is 2.61. The predicted octanol–water partition coefficient (Wildman–Crippen LogP) is 5.83. The molecule has 0 aromatic heterocycles. The smallest absolute Gasteiger partial charge is 0.417 e. The number of benzene rings is 2. The second-order valence-corrected chi connectivity index (χ2v) is 6.09. The Hall–Kier alpha value is -2.41. The molecule has 0 aliphatic heterocycles. The summed E-state index contributed by atoms with van der Waals surface area (Å²) < 4.78 is 44.6. The Morgan fingerprint density at radius 1 is 1.19 bits per heavy atom. The van der Waals surface area contributed by atoms with E-state index in [1.807, 2.05) is 6.92 Å². The Kier molecular flexibility index (Phi) is 6.96. The van der Waals surface area contributed by atoms with E-state index in [1.54, 1.807) is 25.1 Å². The van der Waals surface area contributed by atoms with Crippen LogP contribution in [0, 0.1) is 0 Å². The van der Waals surface area contributed by atoms with Gasteiger partial charge in [0.15, 0.2) is 0 Å². The van der Waals surface area contributed by atoms with Gasteiger partial charge in [-0.1, -0.05) is 24.6 Å². The first-order valence-electron chi connectivity index (χ1n) is 8.45. The Morgan fingerprint density at radius 3 is 2.56 bits per heavy atom. The van der Waals surface area contributed by atoms with E-state index in [4.69, 9.17) is 16.3 Å². The number of amides is 1. The van der Waals surface area contributed by atoms with Crippen molar-refractivity contribution in [3.05, 3.63) is 52.5 Å². The summed E-state index contributed by atoms with van der Waals surface area (Å²) in [4.78, 5) is 12.8. The minimum absolute atomic E-state index is 0.00975. The number of hydrogen-bond donors (Lipinski definition) is 2. The lowest BCUT2D eigenvalue weighted by Crippen LogP contribution is -2.17. The molecule has 2 aromatic rings. The van der Waals surface area contributed by atoms with Crippen molar-refractivity contribution in [2.45, 2.75) is 26.4 Å². The molecule has 0 unspecified atom stereocenters. The maximum atomic E-state index is 13.0. The van der Waals surface area contributed by atoms with Gasteiger partial charge in [-0.2, -0.15) is 13.2 Å². The Morgan fingerprint density at radius 2 is 1.93 bits per heavy atom. The summed E-state index contributed by atoms with van der Waals surface area (Å²) in [6, 6.07) is 8.32. The maximum Gasteiger partial charge on any atom is 0.417 e. The van der Waals surface area contributed by atoms with Gasteiger partial charge in [0.1, 0.15) is 11.3 Å². The van der Waals surface area contributed by atoms with Crippen LogP contribution in [0.3, 0.4) is 0 Å². The third kappa shape index (κ3) is 5.29. The van der Waals surface area contributed by atoms with Crippen LogP contribution in [0.5, 0.6) is 5.75 Å². The van der Waals surface area contributed by atoms with Crippen LogP contribution in [0.1, 0.15) is 36.2 Å². The monoisotopic (exact) mass is 400 g/mol. The van der Waals surface area contributed by atoms with Gasteiger partial charge in [0.25, 0.3) is 5.91 Å². The molecule has 0 saturated heterocycles. The van der Waals surface area contributed by atoms with Crippen LogP contribution < -0.4 is 15.4 Å². The molecule has 27 heavy (non-hydrogen) atoms. The van der Waals surface area contributed by atoms with Gasteiger partial charge in [0.2, 0.25) is 0 Å². The fourth-order valence-electron chi connectivity index (χ4n) is 2.46. The molecule has 0 aliphatic rings. The van der Waals surface area contributed by atoms with Crippen molar-refractivity contribution in [2.75, 3.05) is 23.8 Å². The molecule has 0 heterocycles. The fraction of sp³-hybridized carbons (Fsp3) is 0.316. The highest BCUT2D eigenvalue weighted by Gasteiger charge is 2.33. The van der Waals surface area contributed by atoms with Gasteiger partial charge < -0.3 is 15.4 Å². The van der Waals surface area contributed by atoms with Crippen molar-refractivity contribution in [1.29, 1.82) is 0 Å². The van der Waals surface area contributed by atoms with Crippen LogP contribution in [0.15, 0.2) is 36.4 Å². The SMILES string of the molecule is CCCNc1cccc(OCC)c1C(=O)Nc1ccc(Cl)c(C(F)(F)F)c1. The summed E-state index contributed by atoms with van der Waals surface area (Å²) in [6.45, 7) is 4.74. The van der Waals surface area contributed by atoms with E-state index in [0.29, 0.717) is 24.6 Å². The van der Waals surface area contributed by atoms with E-state index in [1.165, 1.54) is 6.07 Å². The number of alkyl halides is 3. The number of anilines is 2. The summed E-state index contributed by atoms with van der Waals surface area (Å²) in [6.07, 6.45) is -3.78. The van der Waals surface area contributed by atoms with Crippen molar-refractivity contribution in [2.24, 2.45) is 0 Å². The number of carbonyl (C=O) groups is 1. The van der Waals surface area contributed by atoms with E-state index in [2.05, 4.69) is 10.6 Å². The topological polar surface area (TPSA) is 50.4 Å². The quantitative estimate of drug-likeness (QED) is 0.614. The average molecular weight is 401 g/mol. The Bertz CT molecular complexity index is 810. The number of ether oxygens (including phenoxy) is 1. The number of carbonyl (C=O) groups excluding carboxylic acids is 1. The van der Waals surface area contributed by atoms with Crippen molar-refractivity contribution < 1.29 is 22.7 Å². The van der Waals surface area contributed by atoms with Gasteiger partial charge in [-0.05, 0) is 43.7 Å². The highest BCUT2D eigenvalue weighted by atomic mass is 35.5.